The Morgan fingerprint density at radius 1 is 1.06 bits per heavy atom. The summed E-state index contributed by atoms with van der Waals surface area (Å²) in [6.45, 7) is 0. The smallest absolute Gasteiger partial charge is 0.416 e. The van der Waals surface area contributed by atoms with Gasteiger partial charge in [0, 0.05) is 6.07 Å². The molecule has 0 aromatic heterocycles. The van der Waals surface area contributed by atoms with Gasteiger partial charge in [0.05, 0.1) is 32.2 Å². The lowest BCUT2D eigenvalue weighted by molar-refractivity contribution is -0.385. The summed E-state index contributed by atoms with van der Waals surface area (Å²) in [6.07, 6.45) is -3.22. The molecular weight excluding hydrogens is 468 g/mol. The van der Waals surface area contributed by atoms with E-state index in [-0.39, 0.29) is 15.8 Å². The van der Waals surface area contributed by atoms with Crippen molar-refractivity contribution in [2.24, 2.45) is 0 Å². The average molecular weight is 479 g/mol. The number of allylic oxidation sites excluding steroid dienone is 1. The standard InChI is InChI=1S/C22H11Cl2F3N2O3/c23-17-9-13(8-15(12-28)14-4-2-1-3-5-14)10-18(24)21(17)32-20-7-6-16(22(25,26)27)11-19(20)29(30)31/h1-11H/b15-8+. The number of alkyl halides is 3. The molecule has 0 aliphatic rings. The Bertz CT molecular complexity index is 1230. The third-order valence-corrected chi connectivity index (χ3v) is 4.79. The Kier molecular flexibility index (Phi) is 6.72. The predicted molar refractivity (Wildman–Crippen MR) is 115 cm³/mol. The quantitative estimate of drug-likeness (QED) is 0.162. The molecule has 0 unspecified atom stereocenters. The fourth-order valence-electron chi connectivity index (χ4n) is 2.76. The molecular formula is C22H11Cl2F3N2O3. The van der Waals surface area contributed by atoms with Gasteiger partial charge < -0.3 is 4.74 Å². The van der Waals surface area contributed by atoms with Gasteiger partial charge in [-0.05, 0) is 41.5 Å². The van der Waals surface area contributed by atoms with Crippen molar-refractivity contribution in [3.63, 3.8) is 0 Å². The Hall–Kier alpha value is -3.54. The minimum Gasteiger partial charge on any atom is -0.447 e. The van der Waals surface area contributed by atoms with E-state index in [4.69, 9.17) is 27.9 Å². The first-order valence-corrected chi connectivity index (χ1v) is 9.55. The molecule has 32 heavy (non-hydrogen) atoms. The average Bonchev–Trinajstić information content (AvgIpc) is 2.74. The maximum atomic E-state index is 12.9. The number of rotatable bonds is 5. The van der Waals surface area contributed by atoms with Gasteiger partial charge in [0.25, 0.3) is 0 Å². The zero-order chi connectivity index (χ0) is 23.5. The van der Waals surface area contributed by atoms with Gasteiger partial charge in [-0.2, -0.15) is 18.4 Å². The second-order valence-corrected chi connectivity index (χ2v) is 7.20. The molecule has 0 radical (unpaired) electrons. The van der Waals surface area contributed by atoms with Crippen molar-refractivity contribution in [3.05, 3.63) is 97.5 Å². The fourth-order valence-corrected chi connectivity index (χ4v) is 3.34. The molecule has 0 N–H and O–H groups in total. The summed E-state index contributed by atoms with van der Waals surface area (Å²) in [7, 11) is 0. The summed E-state index contributed by atoms with van der Waals surface area (Å²) in [5.41, 5.74) is -0.631. The van der Waals surface area contributed by atoms with E-state index in [0.717, 1.165) is 6.07 Å². The fraction of sp³-hybridized carbons (Fsp3) is 0.0455. The number of benzene rings is 3. The molecule has 3 aromatic carbocycles. The molecule has 0 amide bonds. The van der Waals surface area contributed by atoms with Crippen LogP contribution in [0.25, 0.3) is 11.6 Å². The minimum absolute atomic E-state index is 0.0525. The first-order chi connectivity index (χ1) is 15.1. The van der Waals surface area contributed by atoms with E-state index < -0.39 is 28.1 Å². The molecule has 0 saturated carbocycles. The van der Waals surface area contributed by atoms with Gasteiger partial charge in [-0.3, -0.25) is 10.1 Å². The molecule has 3 aromatic rings. The van der Waals surface area contributed by atoms with Gasteiger partial charge in [0.15, 0.2) is 5.75 Å². The number of ether oxygens (including phenoxy) is 1. The number of nitriles is 1. The topological polar surface area (TPSA) is 76.2 Å². The number of nitrogens with zero attached hydrogens (tertiary/aromatic N) is 2. The zero-order valence-corrected chi connectivity index (χ0v) is 17.4. The molecule has 0 aliphatic heterocycles. The molecule has 0 bridgehead atoms. The lowest BCUT2D eigenvalue weighted by Crippen LogP contribution is -2.06. The van der Waals surface area contributed by atoms with Crippen molar-refractivity contribution in [3.8, 4) is 17.6 Å². The molecule has 0 heterocycles. The number of nitro benzene ring substituents is 1. The molecule has 0 fully saturated rings. The summed E-state index contributed by atoms with van der Waals surface area (Å²) in [5.74, 6) is -0.636. The second kappa shape index (κ2) is 9.30. The molecule has 10 heteroatoms. The maximum absolute atomic E-state index is 12.9. The van der Waals surface area contributed by atoms with E-state index >= 15 is 0 Å². The van der Waals surface area contributed by atoms with Crippen LogP contribution in [0.15, 0.2) is 60.7 Å². The molecule has 0 atom stereocenters. The second-order valence-electron chi connectivity index (χ2n) is 6.39. The number of hydrogen-bond acceptors (Lipinski definition) is 4. The molecule has 162 valence electrons. The van der Waals surface area contributed by atoms with Gasteiger partial charge in [0.1, 0.15) is 0 Å². The van der Waals surface area contributed by atoms with Crippen molar-refractivity contribution < 1.29 is 22.8 Å². The van der Waals surface area contributed by atoms with Crippen LogP contribution in [-0.4, -0.2) is 4.92 Å². The summed E-state index contributed by atoms with van der Waals surface area (Å²) >= 11 is 12.4. The molecule has 5 nitrogen and oxygen atoms in total. The lowest BCUT2D eigenvalue weighted by Gasteiger charge is -2.12. The van der Waals surface area contributed by atoms with Crippen molar-refractivity contribution in [2.75, 3.05) is 0 Å². The van der Waals surface area contributed by atoms with Crippen LogP contribution < -0.4 is 4.74 Å². The van der Waals surface area contributed by atoms with Crippen LogP contribution in [0, 0.1) is 21.4 Å². The van der Waals surface area contributed by atoms with E-state index in [1.165, 1.54) is 18.2 Å². The zero-order valence-electron chi connectivity index (χ0n) is 15.9. The van der Waals surface area contributed by atoms with Gasteiger partial charge >= 0.3 is 11.9 Å². The van der Waals surface area contributed by atoms with Crippen molar-refractivity contribution in [2.45, 2.75) is 6.18 Å². The van der Waals surface area contributed by atoms with Gasteiger partial charge in [0.2, 0.25) is 5.75 Å². The highest BCUT2D eigenvalue weighted by Crippen LogP contribution is 2.42. The Balaban J connectivity index is 1.99. The summed E-state index contributed by atoms with van der Waals surface area (Å²) < 4.78 is 44.1. The van der Waals surface area contributed by atoms with Crippen molar-refractivity contribution >= 4 is 40.5 Å². The Morgan fingerprint density at radius 2 is 1.69 bits per heavy atom. The SMILES string of the molecule is N#C/C(=C\c1cc(Cl)c(Oc2ccc(C(F)(F)F)cc2[N+](=O)[O-])c(Cl)c1)c1ccccc1. The van der Waals surface area contributed by atoms with Crippen LogP contribution in [0.5, 0.6) is 11.5 Å². The van der Waals surface area contributed by atoms with Crippen LogP contribution in [0.4, 0.5) is 18.9 Å². The van der Waals surface area contributed by atoms with Crippen LogP contribution in [0.1, 0.15) is 16.7 Å². The predicted octanol–water partition coefficient (Wildman–Crippen LogP) is 7.78. The third-order valence-electron chi connectivity index (χ3n) is 4.23. The van der Waals surface area contributed by atoms with Crippen LogP contribution >= 0.6 is 23.2 Å². The van der Waals surface area contributed by atoms with E-state index in [1.54, 1.807) is 30.3 Å². The van der Waals surface area contributed by atoms with Gasteiger partial charge in [-0.25, -0.2) is 0 Å². The van der Waals surface area contributed by atoms with E-state index in [2.05, 4.69) is 6.07 Å². The van der Waals surface area contributed by atoms with Crippen LogP contribution in [0.2, 0.25) is 10.0 Å². The normalized spacial score (nSPS) is 11.7. The number of nitro groups is 1. The van der Waals surface area contributed by atoms with E-state index in [1.807, 2.05) is 0 Å². The minimum atomic E-state index is -4.76. The Labute approximate surface area is 190 Å². The van der Waals surface area contributed by atoms with Crippen LogP contribution in [0.3, 0.4) is 0 Å². The molecule has 0 spiro atoms. The highest BCUT2D eigenvalue weighted by atomic mass is 35.5. The number of halogens is 5. The first-order valence-electron chi connectivity index (χ1n) is 8.80. The van der Waals surface area contributed by atoms with Gasteiger partial charge in [-0.1, -0.05) is 53.5 Å². The largest absolute Gasteiger partial charge is 0.447 e. The lowest BCUT2D eigenvalue weighted by atomic mass is 10.0. The van der Waals surface area contributed by atoms with Crippen molar-refractivity contribution in [1.29, 1.82) is 5.26 Å². The summed E-state index contributed by atoms with van der Waals surface area (Å²) in [5, 5.41) is 20.6. The van der Waals surface area contributed by atoms with E-state index in [9.17, 15) is 28.5 Å². The summed E-state index contributed by atoms with van der Waals surface area (Å²) in [4.78, 5) is 10.3. The third kappa shape index (κ3) is 5.19. The van der Waals surface area contributed by atoms with Crippen molar-refractivity contribution in [1.82, 2.24) is 0 Å². The monoisotopic (exact) mass is 478 g/mol. The molecule has 0 aliphatic carbocycles. The molecule has 0 saturated heterocycles. The highest BCUT2D eigenvalue weighted by Gasteiger charge is 2.33. The number of hydrogen-bond donors (Lipinski definition) is 0. The maximum Gasteiger partial charge on any atom is 0.416 e. The van der Waals surface area contributed by atoms with Crippen LogP contribution in [-0.2, 0) is 6.18 Å². The first kappa shape index (κ1) is 23.1. The highest BCUT2D eigenvalue weighted by molar-refractivity contribution is 6.37. The summed E-state index contributed by atoms with van der Waals surface area (Å²) in [6, 6.07) is 15.6. The van der Waals surface area contributed by atoms with Gasteiger partial charge in [-0.15, -0.1) is 0 Å². The van der Waals surface area contributed by atoms with E-state index in [0.29, 0.717) is 28.8 Å². The molecule has 3 rings (SSSR count). The Morgan fingerprint density at radius 3 is 2.22 bits per heavy atom.